The summed E-state index contributed by atoms with van der Waals surface area (Å²) in [5.74, 6) is 1.74. The fourth-order valence-electron chi connectivity index (χ4n) is 4.48. The summed E-state index contributed by atoms with van der Waals surface area (Å²) in [6.45, 7) is 10.7. The molecule has 2 fully saturated rings. The van der Waals surface area contributed by atoms with Crippen LogP contribution in [-0.2, 0) is 6.42 Å². The van der Waals surface area contributed by atoms with Crippen molar-refractivity contribution < 1.29 is 0 Å². The normalized spacial score (nSPS) is 30.5. The lowest BCUT2D eigenvalue weighted by Crippen LogP contribution is -2.36. The maximum Gasteiger partial charge on any atom is 0.0323 e. The molecule has 4 atom stereocenters. The van der Waals surface area contributed by atoms with Crippen molar-refractivity contribution in [2.45, 2.75) is 52.1 Å². The van der Waals surface area contributed by atoms with Gasteiger partial charge in [0.15, 0.2) is 0 Å². The molecule has 21 heavy (non-hydrogen) atoms. The van der Waals surface area contributed by atoms with Gasteiger partial charge in [-0.3, -0.25) is 4.90 Å². The summed E-state index contributed by atoms with van der Waals surface area (Å²) in [4.78, 5) is 2.77. The third-order valence-electron chi connectivity index (χ3n) is 5.67. The van der Waals surface area contributed by atoms with Gasteiger partial charge in [-0.25, -0.2) is 0 Å². The van der Waals surface area contributed by atoms with Crippen LogP contribution in [0.3, 0.4) is 0 Å². The van der Waals surface area contributed by atoms with E-state index >= 15 is 0 Å². The molecule has 2 heteroatoms. The first kappa shape index (κ1) is 15.1. The highest BCUT2D eigenvalue weighted by molar-refractivity contribution is 5.25. The van der Waals surface area contributed by atoms with Gasteiger partial charge in [-0.15, -0.1) is 0 Å². The van der Waals surface area contributed by atoms with Crippen LogP contribution in [0.5, 0.6) is 0 Å². The quantitative estimate of drug-likeness (QED) is 0.889. The fraction of sp³-hybridized carbons (Fsp3) is 0.684. The minimum absolute atomic E-state index is 0.552. The molecule has 2 saturated heterocycles. The first-order valence-electron chi connectivity index (χ1n) is 8.79. The molecule has 2 heterocycles. The molecular formula is C19H30N2. The molecule has 2 aliphatic rings. The SMILES string of the molecule is CCCc1ccc(C(C)N2CC3CNCC3C2CC)cc1. The Bertz CT molecular complexity index is 453. The van der Waals surface area contributed by atoms with E-state index in [0.29, 0.717) is 6.04 Å². The zero-order chi connectivity index (χ0) is 14.8. The Morgan fingerprint density at radius 2 is 1.95 bits per heavy atom. The third kappa shape index (κ3) is 2.89. The van der Waals surface area contributed by atoms with E-state index in [4.69, 9.17) is 0 Å². The van der Waals surface area contributed by atoms with Crippen molar-refractivity contribution >= 4 is 0 Å². The molecule has 2 nitrogen and oxygen atoms in total. The zero-order valence-corrected chi connectivity index (χ0v) is 13.8. The van der Waals surface area contributed by atoms with E-state index in [2.05, 4.69) is 55.3 Å². The highest BCUT2D eigenvalue weighted by atomic mass is 15.2. The Labute approximate surface area is 129 Å². The topological polar surface area (TPSA) is 15.3 Å². The van der Waals surface area contributed by atoms with Gasteiger partial charge >= 0.3 is 0 Å². The Balaban J connectivity index is 1.73. The van der Waals surface area contributed by atoms with Crippen molar-refractivity contribution in [2.75, 3.05) is 19.6 Å². The van der Waals surface area contributed by atoms with Crippen molar-refractivity contribution in [3.63, 3.8) is 0 Å². The van der Waals surface area contributed by atoms with E-state index < -0.39 is 0 Å². The van der Waals surface area contributed by atoms with E-state index in [9.17, 15) is 0 Å². The van der Waals surface area contributed by atoms with Crippen LogP contribution in [0.25, 0.3) is 0 Å². The predicted molar refractivity (Wildman–Crippen MR) is 89.5 cm³/mol. The van der Waals surface area contributed by atoms with E-state index in [0.717, 1.165) is 17.9 Å². The molecule has 0 bridgehead atoms. The Morgan fingerprint density at radius 3 is 2.62 bits per heavy atom. The molecule has 0 aromatic heterocycles. The van der Waals surface area contributed by atoms with Crippen molar-refractivity contribution in [3.8, 4) is 0 Å². The van der Waals surface area contributed by atoms with Gasteiger partial charge in [0.1, 0.15) is 0 Å². The number of nitrogens with one attached hydrogen (secondary N) is 1. The summed E-state index contributed by atoms with van der Waals surface area (Å²) >= 11 is 0. The summed E-state index contributed by atoms with van der Waals surface area (Å²) in [6.07, 6.45) is 3.71. The number of nitrogens with zero attached hydrogens (tertiary/aromatic N) is 1. The van der Waals surface area contributed by atoms with Crippen LogP contribution in [0.15, 0.2) is 24.3 Å². The van der Waals surface area contributed by atoms with Gasteiger partial charge in [0.2, 0.25) is 0 Å². The van der Waals surface area contributed by atoms with Crippen molar-refractivity contribution in [2.24, 2.45) is 11.8 Å². The summed E-state index contributed by atoms with van der Waals surface area (Å²) in [7, 11) is 0. The van der Waals surface area contributed by atoms with Gasteiger partial charge < -0.3 is 5.32 Å². The molecule has 1 aromatic carbocycles. The van der Waals surface area contributed by atoms with Crippen molar-refractivity contribution in [3.05, 3.63) is 35.4 Å². The first-order valence-corrected chi connectivity index (χ1v) is 8.79. The molecule has 116 valence electrons. The average Bonchev–Trinajstić information content (AvgIpc) is 3.08. The van der Waals surface area contributed by atoms with Crippen LogP contribution in [0, 0.1) is 11.8 Å². The molecule has 4 unspecified atom stereocenters. The molecular weight excluding hydrogens is 256 g/mol. The number of likely N-dealkylation sites (tertiary alicyclic amines) is 1. The lowest BCUT2D eigenvalue weighted by molar-refractivity contribution is 0.165. The average molecular weight is 286 g/mol. The number of rotatable bonds is 5. The number of benzene rings is 1. The van der Waals surface area contributed by atoms with Crippen molar-refractivity contribution in [1.29, 1.82) is 0 Å². The molecule has 0 aliphatic carbocycles. The van der Waals surface area contributed by atoms with Crippen LogP contribution in [-0.4, -0.2) is 30.6 Å². The van der Waals surface area contributed by atoms with Gasteiger partial charge in [-0.1, -0.05) is 44.5 Å². The van der Waals surface area contributed by atoms with Gasteiger partial charge in [0.25, 0.3) is 0 Å². The van der Waals surface area contributed by atoms with E-state index in [-0.39, 0.29) is 0 Å². The van der Waals surface area contributed by atoms with Gasteiger partial charge in [0.05, 0.1) is 0 Å². The number of hydrogen-bond acceptors (Lipinski definition) is 2. The van der Waals surface area contributed by atoms with Gasteiger partial charge in [0, 0.05) is 18.6 Å². The minimum Gasteiger partial charge on any atom is -0.316 e. The summed E-state index contributed by atoms with van der Waals surface area (Å²) < 4.78 is 0. The standard InChI is InChI=1S/C19H30N2/c1-4-6-15-7-9-16(10-8-15)14(3)21-13-17-11-20-12-18(17)19(21)5-2/h7-10,14,17-20H,4-6,11-13H2,1-3H3. The molecule has 1 aromatic rings. The predicted octanol–water partition coefficient (Wildman–Crippen LogP) is 3.63. The van der Waals surface area contributed by atoms with Crippen LogP contribution in [0.1, 0.15) is 50.8 Å². The zero-order valence-electron chi connectivity index (χ0n) is 13.8. The maximum atomic E-state index is 3.58. The largest absolute Gasteiger partial charge is 0.316 e. The van der Waals surface area contributed by atoms with Crippen LogP contribution in [0.2, 0.25) is 0 Å². The smallest absolute Gasteiger partial charge is 0.0323 e. The Kier molecular flexibility index (Phi) is 4.66. The van der Waals surface area contributed by atoms with Crippen molar-refractivity contribution in [1.82, 2.24) is 10.2 Å². The number of aryl methyl sites for hydroxylation is 1. The molecule has 3 rings (SSSR count). The number of fused-ring (bicyclic) bond motifs is 1. The van der Waals surface area contributed by atoms with E-state index in [1.54, 1.807) is 0 Å². The molecule has 0 amide bonds. The third-order valence-corrected chi connectivity index (χ3v) is 5.67. The molecule has 0 spiro atoms. The fourth-order valence-corrected chi connectivity index (χ4v) is 4.48. The van der Waals surface area contributed by atoms with Gasteiger partial charge in [-0.2, -0.15) is 0 Å². The second-order valence-electron chi connectivity index (χ2n) is 6.92. The highest BCUT2D eigenvalue weighted by Crippen LogP contribution is 2.39. The maximum absolute atomic E-state index is 3.58. The summed E-state index contributed by atoms with van der Waals surface area (Å²) in [5.41, 5.74) is 2.96. The monoisotopic (exact) mass is 286 g/mol. The van der Waals surface area contributed by atoms with E-state index in [1.165, 1.54) is 50.0 Å². The first-order chi connectivity index (χ1) is 10.2. The second-order valence-corrected chi connectivity index (χ2v) is 6.92. The minimum atomic E-state index is 0.552. The molecule has 0 saturated carbocycles. The summed E-state index contributed by atoms with van der Waals surface area (Å²) in [5, 5.41) is 3.58. The Morgan fingerprint density at radius 1 is 1.19 bits per heavy atom. The molecule has 0 radical (unpaired) electrons. The van der Waals surface area contributed by atoms with Gasteiger partial charge in [-0.05, 0) is 55.8 Å². The Hall–Kier alpha value is -0.860. The molecule has 2 aliphatic heterocycles. The van der Waals surface area contributed by atoms with Crippen LogP contribution >= 0.6 is 0 Å². The van der Waals surface area contributed by atoms with Crippen LogP contribution in [0.4, 0.5) is 0 Å². The lowest BCUT2D eigenvalue weighted by atomic mass is 9.92. The second kappa shape index (κ2) is 6.50. The highest BCUT2D eigenvalue weighted by Gasteiger charge is 2.44. The molecule has 1 N–H and O–H groups in total. The number of hydrogen-bond donors (Lipinski definition) is 1. The summed E-state index contributed by atoms with van der Waals surface area (Å²) in [6, 6.07) is 10.7. The van der Waals surface area contributed by atoms with E-state index in [1.807, 2.05) is 0 Å². The lowest BCUT2D eigenvalue weighted by Gasteiger charge is -2.32. The van der Waals surface area contributed by atoms with Crippen LogP contribution < -0.4 is 5.32 Å².